The van der Waals surface area contributed by atoms with E-state index in [1.54, 1.807) is 31.8 Å². The van der Waals surface area contributed by atoms with E-state index in [1.165, 1.54) is 4.90 Å². The maximum Gasteiger partial charge on any atom is 0.245 e. The van der Waals surface area contributed by atoms with E-state index in [9.17, 15) is 9.59 Å². The van der Waals surface area contributed by atoms with Crippen molar-refractivity contribution in [2.75, 3.05) is 37.0 Å². The predicted octanol–water partition coefficient (Wildman–Crippen LogP) is 0.0849. The van der Waals surface area contributed by atoms with Gasteiger partial charge in [0.1, 0.15) is 5.76 Å². The summed E-state index contributed by atoms with van der Waals surface area (Å²) in [6.07, 6.45) is 0. The van der Waals surface area contributed by atoms with E-state index in [4.69, 9.17) is 4.52 Å². The van der Waals surface area contributed by atoms with Crippen LogP contribution in [0.25, 0.3) is 0 Å². The van der Waals surface area contributed by atoms with Gasteiger partial charge in [0, 0.05) is 31.2 Å². The second-order valence-electron chi connectivity index (χ2n) is 4.65. The molecule has 110 valence electrons. The molecule has 2 N–H and O–H groups in total. The van der Waals surface area contributed by atoms with Crippen LogP contribution in [-0.2, 0) is 9.59 Å². The fourth-order valence-corrected chi connectivity index (χ4v) is 2.82. The first-order valence-corrected chi connectivity index (χ1v) is 7.51. The molecule has 1 aliphatic heterocycles. The van der Waals surface area contributed by atoms with Crippen molar-refractivity contribution < 1.29 is 14.1 Å². The summed E-state index contributed by atoms with van der Waals surface area (Å²) < 4.78 is 4.85. The van der Waals surface area contributed by atoms with E-state index in [-0.39, 0.29) is 24.4 Å². The van der Waals surface area contributed by atoms with Crippen molar-refractivity contribution in [1.29, 1.82) is 0 Å². The number of hydrogen-bond donors (Lipinski definition) is 2. The summed E-state index contributed by atoms with van der Waals surface area (Å²) in [5.74, 6) is 2.38. The molecule has 20 heavy (non-hydrogen) atoms. The molecule has 0 saturated carbocycles. The Morgan fingerprint density at radius 2 is 2.45 bits per heavy atom. The van der Waals surface area contributed by atoms with Crippen molar-refractivity contribution in [1.82, 2.24) is 15.4 Å². The van der Waals surface area contributed by atoms with Crippen molar-refractivity contribution in [3.05, 3.63) is 11.8 Å². The summed E-state index contributed by atoms with van der Waals surface area (Å²) in [6, 6.07) is 1.42. The van der Waals surface area contributed by atoms with Gasteiger partial charge in [0.05, 0.1) is 12.6 Å². The van der Waals surface area contributed by atoms with Crippen LogP contribution in [0.2, 0.25) is 0 Å². The Kier molecular flexibility index (Phi) is 5.02. The van der Waals surface area contributed by atoms with Gasteiger partial charge in [0.25, 0.3) is 0 Å². The summed E-state index contributed by atoms with van der Waals surface area (Å²) in [4.78, 5) is 25.4. The molecule has 1 saturated heterocycles. The SMILES string of the molecule is Cc1cc(NC(=O)CN(C)C(=O)C2CSCCN2)no1. The van der Waals surface area contributed by atoms with E-state index in [0.717, 1.165) is 18.1 Å². The summed E-state index contributed by atoms with van der Waals surface area (Å²) in [5, 5.41) is 9.41. The Balaban J connectivity index is 1.82. The highest BCUT2D eigenvalue weighted by atomic mass is 32.2. The minimum Gasteiger partial charge on any atom is -0.360 e. The van der Waals surface area contributed by atoms with E-state index in [2.05, 4.69) is 15.8 Å². The Labute approximate surface area is 121 Å². The topological polar surface area (TPSA) is 87.5 Å². The summed E-state index contributed by atoms with van der Waals surface area (Å²) in [5.41, 5.74) is 0. The van der Waals surface area contributed by atoms with Crippen LogP contribution in [0.5, 0.6) is 0 Å². The van der Waals surface area contributed by atoms with Gasteiger partial charge in [-0.2, -0.15) is 11.8 Å². The molecule has 0 bridgehead atoms. The minimum atomic E-state index is -0.294. The predicted molar refractivity (Wildman–Crippen MR) is 76.6 cm³/mol. The average Bonchev–Trinajstić information content (AvgIpc) is 2.84. The Morgan fingerprint density at radius 3 is 3.05 bits per heavy atom. The zero-order valence-corrected chi connectivity index (χ0v) is 12.3. The van der Waals surface area contributed by atoms with Crippen LogP contribution in [0.1, 0.15) is 5.76 Å². The van der Waals surface area contributed by atoms with E-state index in [1.807, 2.05) is 0 Å². The number of anilines is 1. The molecule has 0 radical (unpaired) electrons. The number of nitrogens with one attached hydrogen (secondary N) is 2. The van der Waals surface area contributed by atoms with Crippen molar-refractivity contribution in [2.24, 2.45) is 0 Å². The van der Waals surface area contributed by atoms with Crippen molar-refractivity contribution in [3.8, 4) is 0 Å². The normalized spacial score (nSPS) is 18.6. The number of aryl methyl sites for hydroxylation is 1. The third-order valence-corrected chi connectivity index (χ3v) is 3.93. The van der Waals surface area contributed by atoms with Crippen molar-refractivity contribution >= 4 is 29.4 Å². The molecule has 1 aliphatic rings. The Bertz CT molecular complexity index is 485. The third kappa shape index (κ3) is 3.97. The number of rotatable bonds is 4. The molecule has 1 unspecified atom stereocenters. The Hall–Kier alpha value is -1.54. The van der Waals surface area contributed by atoms with Gasteiger partial charge in [-0.3, -0.25) is 9.59 Å². The molecular weight excluding hydrogens is 280 g/mol. The largest absolute Gasteiger partial charge is 0.360 e. The second-order valence-corrected chi connectivity index (χ2v) is 5.80. The monoisotopic (exact) mass is 298 g/mol. The molecule has 1 aromatic heterocycles. The lowest BCUT2D eigenvalue weighted by molar-refractivity contribution is -0.134. The summed E-state index contributed by atoms with van der Waals surface area (Å²) >= 11 is 1.74. The van der Waals surface area contributed by atoms with Crippen LogP contribution in [-0.4, -0.2) is 59.6 Å². The van der Waals surface area contributed by atoms with Crippen LogP contribution in [0.15, 0.2) is 10.6 Å². The highest BCUT2D eigenvalue weighted by molar-refractivity contribution is 7.99. The number of thioether (sulfide) groups is 1. The zero-order chi connectivity index (χ0) is 14.5. The first-order valence-electron chi connectivity index (χ1n) is 6.35. The lowest BCUT2D eigenvalue weighted by Crippen LogP contribution is -2.50. The summed E-state index contributed by atoms with van der Waals surface area (Å²) in [7, 11) is 1.62. The maximum atomic E-state index is 12.1. The van der Waals surface area contributed by atoms with Crippen LogP contribution >= 0.6 is 11.8 Å². The quantitative estimate of drug-likeness (QED) is 0.819. The van der Waals surface area contributed by atoms with Crippen LogP contribution in [0.3, 0.4) is 0 Å². The number of aromatic nitrogens is 1. The fourth-order valence-electron chi connectivity index (χ4n) is 1.89. The van der Waals surface area contributed by atoms with Gasteiger partial charge in [-0.25, -0.2) is 0 Å². The maximum absolute atomic E-state index is 12.1. The van der Waals surface area contributed by atoms with Crippen LogP contribution in [0.4, 0.5) is 5.82 Å². The van der Waals surface area contributed by atoms with Gasteiger partial charge in [0.2, 0.25) is 11.8 Å². The number of amides is 2. The van der Waals surface area contributed by atoms with Gasteiger partial charge < -0.3 is 20.1 Å². The highest BCUT2D eigenvalue weighted by Gasteiger charge is 2.25. The van der Waals surface area contributed by atoms with Gasteiger partial charge in [-0.1, -0.05) is 5.16 Å². The number of hydrogen-bond acceptors (Lipinski definition) is 6. The minimum absolute atomic E-state index is 0.00636. The molecule has 7 nitrogen and oxygen atoms in total. The van der Waals surface area contributed by atoms with Gasteiger partial charge in [0.15, 0.2) is 5.82 Å². The molecule has 1 atom stereocenters. The number of nitrogens with zero attached hydrogens (tertiary/aromatic N) is 2. The highest BCUT2D eigenvalue weighted by Crippen LogP contribution is 2.10. The molecular formula is C12H18N4O3S. The van der Waals surface area contributed by atoms with Crippen molar-refractivity contribution in [2.45, 2.75) is 13.0 Å². The molecule has 1 aromatic rings. The average molecular weight is 298 g/mol. The number of carbonyl (C=O) groups is 2. The lowest BCUT2D eigenvalue weighted by atomic mass is 10.3. The van der Waals surface area contributed by atoms with Crippen LogP contribution in [0, 0.1) is 6.92 Å². The lowest BCUT2D eigenvalue weighted by Gasteiger charge is -2.26. The van der Waals surface area contributed by atoms with Gasteiger partial charge in [-0.05, 0) is 6.92 Å². The first-order chi connectivity index (χ1) is 9.56. The molecule has 0 aromatic carbocycles. The molecule has 2 amide bonds. The fraction of sp³-hybridized carbons (Fsp3) is 0.583. The molecule has 8 heteroatoms. The first kappa shape index (κ1) is 14.9. The molecule has 1 fully saturated rings. The van der Waals surface area contributed by atoms with Gasteiger partial charge >= 0.3 is 0 Å². The van der Waals surface area contributed by atoms with E-state index >= 15 is 0 Å². The molecule has 0 spiro atoms. The zero-order valence-electron chi connectivity index (χ0n) is 11.5. The number of carbonyl (C=O) groups excluding carboxylic acids is 2. The molecule has 2 heterocycles. The van der Waals surface area contributed by atoms with Gasteiger partial charge in [-0.15, -0.1) is 0 Å². The van der Waals surface area contributed by atoms with Crippen molar-refractivity contribution in [3.63, 3.8) is 0 Å². The van der Waals surface area contributed by atoms with E-state index in [0.29, 0.717) is 11.6 Å². The third-order valence-electron chi connectivity index (χ3n) is 2.87. The number of likely N-dealkylation sites (N-methyl/N-ethyl adjacent to an activating group) is 1. The van der Waals surface area contributed by atoms with E-state index < -0.39 is 0 Å². The summed E-state index contributed by atoms with van der Waals surface area (Å²) in [6.45, 7) is 2.55. The van der Waals surface area contributed by atoms with Crippen LogP contribution < -0.4 is 10.6 Å². The second kappa shape index (κ2) is 6.76. The molecule has 0 aliphatic carbocycles. The standard InChI is InChI=1S/C12H18N4O3S/c1-8-5-10(15-19-8)14-11(17)6-16(2)12(18)9-7-20-4-3-13-9/h5,9,13H,3-4,6-7H2,1-2H3,(H,14,15,17). The Morgan fingerprint density at radius 1 is 1.65 bits per heavy atom. The molecule has 2 rings (SSSR count). The smallest absolute Gasteiger partial charge is 0.245 e.